The number of nitrogens with zero attached hydrogens (tertiary/aromatic N) is 2. The summed E-state index contributed by atoms with van der Waals surface area (Å²) in [5, 5.41) is 3.41. The molecule has 0 saturated heterocycles. The van der Waals surface area contributed by atoms with E-state index in [1.54, 1.807) is 11.3 Å². The second-order valence-corrected chi connectivity index (χ2v) is 5.67. The van der Waals surface area contributed by atoms with Crippen molar-refractivity contribution in [3.8, 4) is 0 Å². The number of aromatic nitrogens is 1. The van der Waals surface area contributed by atoms with E-state index < -0.39 is 0 Å². The molecule has 0 aromatic carbocycles. The number of aryl methyl sites for hydroxylation is 1. The number of thiazole rings is 1. The van der Waals surface area contributed by atoms with Crippen molar-refractivity contribution in [2.45, 2.75) is 44.7 Å². The van der Waals surface area contributed by atoms with Crippen molar-refractivity contribution >= 4 is 23.7 Å². The summed E-state index contributed by atoms with van der Waals surface area (Å²) < 4.78 is 0. The molecule has 0 amide bonds. The van der Waals surface area contributed by atoms with Gasteiger partial charge in [-0.2, -0.15) is 0 Å². The lowest BCUT2D eigenvalue weighted by atomic mass is 9.75. The quantitative estimate of drug-likeness (QED) is 0.898. The van der Waals surface area contributed by atoms with Gasteiger partial charge in [0.1, 0.15) is 0 Å². The number of hydrogen-bond acceptors (Lipinski definition) is 4. The van der Waals surface area contributed by atoms with Crippen LogP contribution < -0.4 is 5.73 Å². The maximum atomic E-state index is 5.90. The molecule has 1 aromatic heterocycles. The van der Waals surface area contributed by atoms with Crippen LogP contribution in [0.25, 0.3) is 0 Å². The fourth-order valence-electron chi connectivity index (χ4n) is 2.32. The van der Waals surface area contributed by atoms with Crippen molar-refractivity contribution in [3.05, 3.63) is 16.1 Å². The zero-order valence-electron chi connectivity index (χ0n) is 10.6. The van der Waals surface area contributed by atoms with Crippen LogP contribution in [-0.2, 0) is 13.0 Å². The molecule has 0 atom stereocenters. The van der Waals surface area contributed by atoms with Crippen molar-refractivity contribution in [3.63, 3.8) is 0 Å². The first kappa shape index (κ1) is 14.9. The highest BCUT2D eigenvalue weighted by molar-refractivity contribution is 7.09. The van der Waals surface area contributed by atoms with E-state index in [1.165, 1.54) is 30.0 Å². The highest BCUT2D eigenvalue weighted by Gasteiger charge is 2.39. The number of rotatable bonds is 5. The topological polar surface area (TPSA) is 42.2 Å². The fraction of sp³-hybridized carbons (Fsp3) is 0.750. The normalized spacial score (nSPS) is 17.6. The smallest absolute Gasteiger partial charge is 0.0926 e. The Bertz CT molecular complexity index is 344. The molecule has 2 N–H and O–H groups in total. The van der Waals surface area contributed by atoms with Gasteiger partial charge in [-0.05, 0) is 32.7 Å². The maximum Gasteiger partial charge on any atom is 0.0926 e. The molecule has 0 bridgehead atoms. The number of likely N-dealkylation sites (N-methyl/N-ethyl adjacent to an activating group) is 1. The van der Waals surface area contributed by atoms with Crippen LogP contribution in [0.4, 0.5) is 0 Å². The molecule has 3 nitrogen and oxygen atoms in total. The van der Waals surface area contributed by atoms with E-state index in [9.17, 15) is 0 Å². The Hall–Kier alpha value is -0.160. The van der Waals surface area contributed by atoms with E-state index in [-0.39, 0.29) is 17.9 Å². The van der Waals surface area contributed by atoms with Gasteiger partial charge in [0.25, 0.3) is 0 Å². The summed E-state index contributed by atoms with van der Waals surface area (Å²) >= 11 is 1.77. The van der Waals surface area contributed by atoms with E-state index in [4.69, 9.17) is 5.73 Å². The standard InChI is InChI=1S/C12H21N3S.ClH/c1-3-11-14-10(8-16-11)7-15(2)12(9-13)5-4-6-12;/h8H,3-7,9,13H2,1-2H3;1H. The SMILES string of the molecule is CCc1nc(CN(C)C2(CN)CCC2)cs1.Cl. The zero-order chi connectivity index (χ0) is 11.6. The summed E-state index contributed by atoms with van der Waals surface area (Å²) in [6.07, 6.45) is 4.84. The lowest BCUT2D eigenvalue weighted by Gasteiger charge is -2.48. The van der Waals surface area contributed by atoms with Gasteiger partial charge in [0, 0.05) is 24.0 Å². The van der Waals surface area contributed by atoms with E-state index in [0.29, 0.717) is 0 Å². The lowest BCUT2D eigenvalue weighted by Crippen LogP contribution is -2.56. The van der Waals surface area contributed by atoms with E-state index >= 15 is 0 Å². The summed E-state index contributed by atoms with van der Waals surface area (Å²) in [6, 6.07) is 0. The molecule has 1 saturated carbocycles. The van der Waals surface area contributed by atoms with E-state index in [2.05, 4.69) is 29.2 Å². The molecule has 1 aromatic rings. The Morgan fingerprint density at radius 3 is 2.65 bits per heavy atom. The minimum Gasteiger partial charge on any atom is -0.329 e. The van der Waals surface area contributed by atoms with Gasteiger partial charge in [-0.25, -0.2) is 4.98 Å². The molecular formula is C12H22ClN3S. The lowest BCUT2D eigenvalue weighted by molar-refractivity contribution is 0.0390. The number of halogens is 1. The van der Waals surface area contributed by atoms with Gasteiger partial charge < -0.3 is 5.73 Å². The molecule has 0 aliphatic heterocycles. The van der Waals surface area contributed by atoms with Gasteiger partial charge in [0.05, 0.1) is 10.7 Å². The van der Waals surface area contributed by atoms with Gasteiger partial charge in [-0.15, -0.1) is 23.7 Å². The van der Waals surface area contributed by atoms with E-state index in [0.717, 1.165) is 19.5 Å². The second-order valence-electron chi connectivity index (χ2n) is 4.72. The molecule has 1 aliphatic carbocycles. The molecule has 98 valence electrons. The highest BCUT2D eigenvalue weighted by Crippen LogP contribution is 2.36. The molecular weight excluding hydrogens is 254 g/mol. The van der Waals surface area contributed by atoms with Gasteiger partial charge >= 0.3 is 0 Å². The van der Waals surface area contributed by atoms with Crippen molar-refractivity contribution in [1.29, 1.82) is 0 Å². The zero-order valence-corrected chi connectivity index (χ0v) is 12.2. The van der Waals surface area contributed by atoms with Crippen molar-refractivity contribution in [2.24, 2.45) is 5.73 Å². The van der Waals surface area contributed by atoms with Crippen LogP contribution >= 0.6 is 23.7 Å². The minimum atomic E-state index is 0. The minimum absolute atomic E-state index is 0. The predicted octanol–water partition coefficient (Wildman–Crippen LogP) is 2.44. The molecule has 1 heterocycles. The van der Waals surface area contributed by atoms with Crippen LogP contribution in [0.2, 0.25) is 0 Å². The van der Waals surface area contributed by atoms with Crippen LogP contribution in [-0.4, -0.2) is 29.0 Å². The Balaban J connectivity index is 0.00000144. The summed E-state index contributed by atoms with van der Waals surface area (Å²) in [5.74, 6) is 0. The van der Waals surface area contributed by atoms with Crippen LogP contribution in [0.15, 0.2) is 5.38 Å². The molecule has 0 unspecified atom stereocenters. The van der Waals surface area contributed by atoms with Crippen LogP contribution in [0.3, 0.4) is 0 Å². The molecule has 1 fully saturated rings. The van der Waals surface area contributed by atoms with Gasteiger partial charge in [-0.3, -0.25) is 4.90 Å². The summed E-state index contributed by atoms with van der Waals surface area (Å²) in [6.45, 7) is 3.86. The number of hydrogen-bond donors (Lipinski definition) is 1. The van der Waals surface area contributed by atoms with Gasteiger partial charge in [0.15, 0.2) is 0 Å². The summed E-state index contributed by atoms with van der Waals surface area (Å²) in [4.78, 5) is 7.00. The Labute approximate surface area is 114 Å². The monoisotopic (exact) mass is 275 g/mol. The first-order valence-corrected chi connectivity index (χ1v) is 6.93. The van der Waals surface area contributed by atoms with Gasteiger partial charge in [-0.1, -0.05) is 6.92 Å². The molecule has 0 spiro atoms. The first-order chi connectivity index (χ1) is 7.70. The average molecular weight is 276 g/mol. The highest BCUT2D eigenvalue weighted by atomic mass is 35.5. The molecule has 17 heavy (non-hydrogen) atoms. The van der Waals surface area contributed by atoms with Crippen LogP contribution in [0.5, 0.6) is 0 Å². The molecule has 0 radical (unpaired) electrons. The first-order valence-electron chi connectivity index (χ1n) is 6.05. The largest absolute Gasteiger partial charge is 0.329 e. The van der Waals surface area contributed by atoms with Crippen molar-refractivity contribution in [1.82, 2.24) is 9.88 Å². The maximum absolute atomic E-state index is 5.90. The van der Waals surface area contributed by atoms with Crippen molar-refractivity contribution < 1.29 is 0 Å². The van der Waals surface area contributed by atoms with Crippen LogP contribution in [0, 0.1) is 0 Å². The van der Waals surface area contributed by atoms with Gasteiger partial charge in [0.2, 0.25) is 0 Å². The molecule has 5 heteroatoms. The summed E-state index contributed by atoms with van der Waals surface area (Å²) in [5.41, 5.74) is 7.35. The van der Waals surface area contributed by atoms with E-state index in [1.807, 2.05) is 0 Å². The third-order valence-electron chi connectivity index (χ3n) is 3.77. The third kappa shape index (κ3) is 2.99. The summed E-state index contributed by atoms with van der Waals surface area (Å²) in [7, 11) is 2.18. The molecule has 1 aliphatic rings. The van der Waals surface area contributed by atoms with Crippen LogP contribution in [0.1, 0.15) is 36.9 Å². The predicted molar refractivity (Wildman–Crippen MR) is 75.8 cm³/mol. The second kappa shape index (κ2) is 6.14. The molecule has 2 rings (SSSR count). The van der Waals surface area contributed by atoms with Crippen molar-refractivity contribution in [2.75, 3.05) is 13.6 Å². The number of nitrogens with two attached hydrogens (primary N) is 1. The Kier molecular flexibility index (Phi) is 5.38. The Morgan fingerprint density at radius 2 is 2.24 bits per heavy atom. The average Bonchev–Trinajstić information content (AvgIpc) is 2.64. The fourth-order valence-corrected chi connectivity index (χ4v) is 3.06. The Morgan fingerprint density at radius 1 is 1.53 bits per heavy atom. The third-order valence-corrected chi connectivity index (χ3v) is 4.82.